The maximum absolute atomic E-state index is 12.6. The second-order valence-corrected chi connectivity index (χ2v) is 5.37. The molecule has 22 heavy (non-hydrogen) atoms. The van der Waals surface area contributed by atoms with Crippen LogP contribution in [0.4, 0.5) is 0 Å². The summed E-state index contributed by atoms with van der Waals surface area (Å²) >= 11 is 0. The molecule has 1 aromatic carbocycles. The molecule has 6 heteroatoms. The molecule has 1 aromatic rings. The summed E-state index contributed by atoms with van der Waals surface area (Å²) in [6.07, 6.45) is 1.21. The normalized spacial score (nSPS) is 15.5. The minimum absolute atomic E-state index is 0.0277. The van der Waals surface area contributed by atoms with Gasteiger partial charge in [0.05, 0.1) is 19.8 Å². The second kappa shape index (κ2) is 6.68. The number of Topliss-reactive ketones (excluding diaryl/α,β-unsaturated/α-hetero) is 1. The molecule has 2 rings (SSSR count). The lowest BCUT2D eigenvalue weighted by Gasteiger charge is -2.30. The highest BCUT2D eigenvalue weighted by Crippen LogP contribution is 2.36. The first-order valence-electron chi connectivity index (χ1n) is 7.22. The number of carbonyl (C=O) groups excluding carboxylic acids is 2. The van der Waals surface area contributed by atoms with Crippen LogP contribution in [0.25, 0.3) is 0 Å². The quantitative estimate of drug-likeness (QED) is 0.859. The topological polar surface area (TPSA) is 76.1 Å². The van der Waals surface area contributed by atoms with Crippen molar-refractivity contribution in [2.24, 2.45) is 5.92 Å². The van der Waals surface area contributed by atoms with Gasteiger partial charge in [0.25, 0.3) is 0 Å². The van der Waals surface area contributed by atoms with Crippen LogP contribution in [0.3, 0.4) is 0 Å². The van der Waals surface area contributed by atoms with Gasteiger partial charge < -0.3 is 19.5 Å². The third kappa shape index (κ3) is 3.16. The molecular weight excluding hydrogens is 286 g/mol. The number of phenolic OH excluding ortho intramolecular Hbond substituents is 1. The van der Waals surface area contributed by atoms with Gasteiger partial charge in [-0.3, -0.25) is 9.59 Å². The first kappa shape index (κ1) is 16.1. The molecule has 0 bridgehead atoms. The first-order chi connectivity index (χ1) is 10.5. The van der Waals surface area contributed by atoms with Crippen molar-refractivity contribution in [1.82, 2.24) is 4.90 Å². The molecular formula is C16H21NO5. The minimum atomic E-state index is -0.195. The number of amides is 1. The highest BCUT2D eigenvalue weighted by molar-refractivity contribution is 6.01. The van der Waals surface area contributed by atoms with Crippen molar-refractivity contribution < 1.29 is 24.2 Å². The van der Waals surface area contributed by atoms with Crippen LogP contribution in [0.1, 0.15) is 30.1 Å². The smallest absolute Gasteiger partial charge is 0.219 e. The molecule has 0 atom stereocenters. The number of benzene rings is 1. The van der Waals surface area contributed by atoms with Gasteiger partial charge in [-0.25, -0.2) is 0 Å². The Morgan fingerprint density at radius 3 is 2.18 bits per heavy atom. The molecule has 6 nitrogen and oxygen atoms in total. The second-order valence-electron chi connectivity index (χ2n) is 5.37. The van der Waals surface area contributed by atoms with E-state index in [0.29, 0.717) is 37.4 Å². The average Bonchev–Trinajstić information content (AvgIpc) is 2.53. The van der Waals surface area contributed by atoms with Crippen LogP contribution < -0.4 is 9.47 Å². The largest absolute Gasteiger partial charge is 0.507 e. The Bertz CT molecular complexity index is 576. The third-order valence-electron chi connectivity index (χ3n) is 4.08. The Morgan fingerprint density at radius 1 is 1.14 bits per heavy atom. The Kier molecular flexibility index (Phi) is 4.90. The van der Waals surface area contributed by atoms with Crippen molar-refractivity contribution >= 4 is 11.7 Å². The van der Waals surface area contributed by atoms with E-state index in [9.17, 15) is 14.7 Å². The van der Waals surface area contributed by atoms with Gasteiger partial charge in [-0.2, -0.15) is 0 Å². The standard InChI is InChI=1S/C16H21NO5/c1-10(18)17-6-4-11(5-7-17)16(20)12-8-14(21-2)15(22-3)9-13(12)19/h8-9,11,19H,4-7H2,1-3H3. The van der Waals surface area contributed by atoms with Crippen LogP contribution in [0, 0.1) is 5.92 Å². The summed E-state index contributed by atoms with van der Waals surface area (Å²) in [5.41, 5.74) is 0.235. The van der Waals surface area contributed by atoms with Crippen molar-refractivity contribution in [3.63, 3.8) is 0 Å². The number of hydrogen-bond acceptors (Lipinski definition) is 5. The highest BCUT2D eigenvalue weighted by Gasteiger charge is 2.29. The lowest BCUT2D eigenvalue weighted by atomic mass is 9.88. The van der Waals surface area contributed by atoms with Gasteiger partial charge in [-0.1, -0.05) is 0 Å². The van der Waals surface area contributed by atoms with Gasteiger partial charge in [-0.15, -0.1) is 0 Å². The molecule has 1 aliphatic rings. The van der Waals surface area contributed by atoms with Crippen LogP contribution >= 0.6 is 0 Å². The third-order valence-corrected chi connectivity index (χ3v) is 4.08. The maximum Gasteiger partial charge on any atom is 0.219 e. The summed E-state index contributed by atoms with van der Waals surface area (Å²) in [6, 6.07) is 2.89. The van der Waals surface area contributed by atoms with Crippen molar-refractivity contribution in [2.45, 2.75) is 19.8 Å². The monoisotopic (exact) mass is 307 g/mol. The van der Waals surface area contributed by atoms with E-state index in [1.54, 1.807) is 4.90 Å². The van der Waals surface area contributed by atoms with Crippen LogP contribution in [0.5, 0.6) is 17.2 Å². The fourth-order valence-corrected chi connectivity index (χ4v) is 2.74. The molecule has 1 amide bonds. The number of nitrogens with zero attached hydrogens (tertiary/aromatic N) is 1. The molecule has 1 saturated heterocycles. The summed E-state index contributed by atoms with van der Waals surface area (Å²) < 4.78 is 10.3. The van der Waals surface area contributed by atoms with Crippen molar-refractivity contribution in [1.29, 1.82) is 0 Å². The summed E-state index contributed by atoms with van der Waals surface area (Å²) in [6.45, 7) is 2.67. The molecule has 0 saturated carbocycles. The number of aromatic hydroxyl groups is 1. The lowest BCUT2D eigenvalue weighted by Crippen LogP contribution is -2.39. The summed E-state index contributed by atoms with van der Waals surface area (Å²) in [4.78, 5) is 25.7. The van der Waals surface area contributed by atoms with Crippen LogP contribution in [-0.2, 0) is 4.79 Å². The van der Waals surface area contributed by atoms with Crippen molar-refractivity contribution in [3.05, 3.63) is 17.7 Å². The molecule has 1 N–H and O–H groups in total. The zero-order valence-electron chi connectivity index (χ0n) is 13.1. The molecule has 0 aromatic heterocycles. The van der Waals surface area contributed by atoms with E-state index in [4.69, 9.17) is 9.47 Å². The Labute approximate surface area is 129 Å². The molecule has 0 radical (unpaired) electrons. The Balaban J connectivity index is 2.18. The molecule has 1 heterocycles. The van der Waals surface area contributed by atoms with E-state index in [1.807, 2.05) is 0 Å². The Morgan fingerprint density at radius 2 is 1.68 bits per heavy atom. The summed E-state index contributed by atoms with van der Waals surface area (Å²) in [7, 11) is 2.95. The summed E-state index contributed by atoms with van der Waals surface area (Å²) in [5.74, 6) is 0.380. The molecule has 1 aliphatic heterocycles. The number of carbonyl (C=O) groups is 2. The fourth-order valence-electron chi connectivity index (χ4n) is 2.74. The van der Waals surface area contributed by atoms with Gasteiger partial charge in [0.2, 0.25) is 5.91 Å². The van der Waals surface area contributed by atoms with E-state index < -0.39 is 0 Å². The number of piperidine rings is 1. The number of likely N-dealkylation sites (tertiary alicyclic amines) is 1. The molecule has 120 valence electrons. The van der Waals surface area contributed by atoms with Crippen LogP contribution in [-0.4, -0.2) is 49.0 Å². The van der Waals surface area contributed by atoms with Crippen LogP contribution in [0.2, 0.25) is 0 Å². The van der Waals surface area contributed by atoms with Gasteiger partial charge >= 0.3 is 0 Å². The first-order valence-corrected chi connectivity index (χ1v) is 7.22. The zero-order chi connectivity index (χ0) is 16.3. The lowest BCUT2D eigenvalue weighted by molar-refractivity contribution is -0.130. The Hall–Kier alpha value is -2.24. The zero-order valence-corrected chi connectivity index (χ0v) is 13.1. The van der Waals surface area contributed by atoms with Gasteiger partial charge in [0.1, 0.15) is 5.75 Å². The summed E-state index contributed by atoms with van der Waals surface area (Å²) in [5, 5.41) is 10.1. The van der Waals surface area contributed by atoms with E-state index in [0.717, 1.165) is 0 Å². The minimum Gasteiger partial charge on any atom is -0.507 e. The van der Waals surface area contributed by atoms with E-state index in [2.05, 4.69) is 0 Å². The van der Waals surface area contributed by atoms with E-state index >= 15 is 0 Å². The SMILES string of the molecule is COc1cc(O)c(C(=O)C2CCN(C(C)=O)CC2)cc1OC. The molecule has 0 unspecified atom stereocenters. The molecule has 1 fully saturated rings. The van der Waals surface area contributed by atoms with Crippen molar-refractivity contribution in [3.8, 4) is 17.2 Å². The number of hydrogen-bond donors (Lipinski definition) is 1. The number of ketones is 1. The molecule has 0 spiro atoms. The number of phenols is 1. The predicted molar refractivity (Wildman–Crippen MR) is 80.5 cm³/mol. The maximum atomic E-state index is 12.6. The van der Waals surface area contributed by atoms with Gasteiger partial charge in [0, 0.05) is 32.0 Å². The number of rotatable bonds is 4. The average molecular weight is 307 g/mol. The van der Waals surface area contributed by atoms with E-state index in [-0.39, 0.29) is 28.9 Å². The highest BCUT2D eigenvalue weighted by atomic mass is 16.5. The number of ether oxygens (including phenoxy) is 2. The van der Waals surface area contributed by atoms with Crippen LogP contribution in [0.15, 0.2) is 12.1 Å². The molecule has 0 aliphatic carbocycles. The van der Waals surface area contributed by atoms with Crippen molar-refractivity contribution in [2.75, 3.05) is 27.3 Å². The van der Waals surface area contributed by atoms with Gasteiger partial charge in [-0.05, 0) is 18.9 Å². The predicted octanol–water partition coefficient (Wildman–Crippen LogP) is 1.85. The fraction of sp³-hybridized carbons (Fsp3) is 0.500. The van der Waals surface area contributed by atoms with Gasteiger partial charge in [0.15, 0.2) is 17.3 Å². The van der Waals surface area contributed by atoms with E-state index in [1.165, 1.54) is 33.3 Å². The number of methoxy groups -OCH3 is 2.